The monoisotopic (exact) mass is 488 g/mol. The second-order valence-electron chi connectivity index (χ2n) is 11.4. The molecule has 0 unspecified atom stereocenters. The summed E-state index contributed by atoms with van der Waals surface area (Å²) < 4.78 is 18.3. The third-order valence-electron chi connectivity index (χ3n) is 9.12. The fourth-order valence-corrected chi connectivity index (χ4v) is 7.64. The minimum atomic E-state index is -0.793. The van der Waals surface area contributed by atoms with Gasteiger partial charge in [-0.15, -0.1) is 0 Å². The number of fused-ring (bicyclic) bond motifs is 3. The average molecular weight is 489 g/mol. The number of ether oxygens (including phenoxy) is 3. The highest BCUT2D eigenvalue weighted by Gasteiger charge is 2.70. The van der Waals surface area contributed by atoms with Crippen LogP contribution in [0.2, 0.25) is 0 Å². The topological polar surface area (TPSA) is 119 Å². The van der Waals surface area contributed by atoms with Crippen LogP contribution < -0.4 is 4.74 Å². The molecule has 0 bridgehead atoms. The van der Waals surface area contributed by atoms with Crippen molar-refractivity contribution in [2.24, 2.45) is 22.7 Å². The van der Waals surface area contributed by atoms with Crippen molar-refractivity contribution < 1.29 is 38.8 Å². The summed E-state index contributed by atoms with van der Waals surface area (Å²) in [6.45, 7) is 10.6. The SMILES string of the molecule is CC(=O)O[C@H]1C[C@@]2(C)[C@@H](CC[C@@H](C)[C@]23Cc2c(O)cc(CO)c(C=O)c2O3)C(C)(C)[C@@H]1OC(C)=O. The molecule has 0 aromatic heterocycles. The van der Waals surface area contributed by atoms with E-state index >= 15 is 0 Å². The van der Waals surface area contributed by atoms with Crippen LogP contribution in [0, 0.1) is 22.7 Å². The molecule has 1 heterocycles. The van der Waals surface area contributed by atoms with Gasteiger partial charge in [0, 0.05) is 36.7 Å². The summed E-state index contributed by atoms with van der Waals surface area (Å²) in [5.74, 6) is -0.464. The molecule has 0 saturated heterocycles. The van der Waals surface area contributed by atoms with Gasteiger partial charge >= 0.3 is 11.9 Å². The predicted octanol–water partition coefficient (Wildman–Crippen LogP) is 3.72. The quantitative estimate of drug-likeness (QED) is 0.486. The van der Waals surface area contributed by atoms with Crippen LogP contribution in [0.3, 0.4) is 0 Å². The van der Waals surface area contributed by atoms with Gasteiger partial charge in [0.2, 0.25) is 0 Å². The van der Waals surface area contributed by atoms with Crippen LogP contribution in [-0.4, -0.2) is 46.2 Å². The largest absolute Gasteiger partial charge is 0.508 e. The zero-order chi connectivity index (χ0) is 25.9. The maximum Gasteiger partial charge on any atom is 0.303 e. The van der Waals surface area contributed by atoms with Gasteiger partial charge in [0.15, 0.2) is 6.29 Å². The van der Waals surface area contributed by atoms with Crippen LogP contribution in [0.4, 0.5) is 0 Å². The summed E-state index contributed by atoms with van der Waals surface area (Å²) in [5, 5.41) is 20.6. The first-order valence-electron chi connectivity index (χ1n) is 12.3. The Bertz CT molecular complexity index is 1060. The van der Waals surface area contributed by atoms with Gasteiger partial charge in [-0.2, -0.15) is 0 Å². The van der Waals surface area contributed by atoms with E-state index in [1.807, 2.05) is 13.8 Å². The van der Waals surface area contributed by atoms with E-state index in [2.05, 4.69) is 13.8 Å². The molecule has 3 aliphatic rings. The summed E-state index contributed by atoms with van der Waals surface area (Å²) in [6, 6.07) is 1.43. The fourth-order valence-electron chi connectivity index (χ4n) is 7.64. The molecule has 2 saturated carbocycles. The molecule has 2 aliphatic carbocycles. The Labute approximate surface area is 205 Å². The van der Waals surface area contributed by atoms with E-state index in [-0.39, 0.29) is 23.1 Å². The Kier molecular flexibility index (Phi) is 6.19. The maximum atomic E-state index is 12.1. The van der Waals surface area contributed by atoms with Crippen LogP contribution >= 0.6 is 0 Å². The molecule has 4 rings (SSSR count). The number of benzene rings is 1. The van der Waals surface area contributed by atoms with Gasteiger partial charge in [0.05, 0.1) is 12.2 Å². The molecule has 1 aliphatic heterocycles. The number of aromatic hydroxyl groups is 1. The number of esters is 2. The number of phenols is 1. The first kappa shape index (κ1) is 25.5. The van der Waals surface area contributed by atoms with Crippen LogP contribution in [0.5, 0.6) is 11.5 Å². The number of carbonyl (C=O) groups is 3. The van der Waals surface area contributed by atoms with E-state index < -0.39 is 47.2 Å². The highest BCUT2D eigenvalue weighted by Crippen LogP contribution is 2.67. The van der Waals surface area contributed by atoms with Crippen molar-refractivity contribution in [2.75, 3.05) is 0 Å². The standard InChI is InChI=1S/C27H36O8/c1-14-7-8-22-25(4,5)24(34-16(3)31)21(33-15(2)30)11-26(22,6)27(14)10-18-20(32)9-17(12-28)19(13-29)23(18)35-27/h9,13-14,21-22,24,28,32H,7-8,10-12H2,1-6H3/t14-,21+,22+,24-,26+,27-/m1/s1. The second kappa shape index (κ2) is 8.50. The predicted molar refractivity (Wildman–Crippen MR) is 126 cm³/mol. The number of aliphatic hydroxyl groups excluding tert-OH is 1. The molecule has 35 heavy (non-hydrogen) atoms. The third-order valence-corrected chi connectivity index (χ3v) is 9.12. The van der Waals surface area contributed by atoms with Crippen molar-refractivity contribution in [3.05, 3.63) is 22.8 Å². The van der Waals surface area contributed by atoms with Crippen molar-refractivity contribution in [1.82, 2.24) is 0 Å². The van der Waals surface area contributed by atoms with Gasteiger partial charge in [-0.05, 0) is 42.7 Å². The molecule has 1 aromatic carbocycles. The van der Waals surface area contributed by atoms with Crippen LogP contribution in [-0.2, 0) is 32.1 Å². The molecule has 8 nitrogen and oxygen atoms in total. The first-order valence-corrected chi connectivity index (χ1v) is 12.3. The normalized spacial score (nSPS) is 34.9. The zero-order valence-corrected chi connectivity index (χ0v) is 21.3. The summed E-state index contributed by atoms with van der Waals surface area (Å²) in [5.41, 5.74) is -0.763. The van der Waals surface area contributed by atoms with E-state index in [0.29, 0.717) is 36.0 Å². The van der Waals surface area contributed by atoms with Crippen molar-refractivity contribution in [2.45, 2.75) is 91.6 Å². The summed E-state index contributed by atoms with van der Waals surface area (Å²) in [7, 11) is 0. The fraction of sp³-hybridized carbons (Fsp3) is 0.667. The lowest BCUT2D eigenvalue weighted by Gasteiger charge is -2.65. The first-order chi connectivity index (χ1) is 16.3. The highest BCUT2D eigenvalue weighted by atomic mass is 16.6. The van der Waals surface area contributed by atoms with E-state index in [4.69, 9.17) is 14.2 Å². The van der Waals surface area contributed by atoms with E-state index in [0.717, 1.165) is 12.8 Å². The molecule has 1 aromatic rings. The van der Waals surface area contributed by atoms with Gasteiger partial charge in [0.25, 0.3) is 0 Å². The van der Waals surface area contributed by atoms with Crippen molar-refractivity contribution in [3.8, 4) is 11.5 Å². The lowest BCUT2D eigenvalue weighted by atomic mass is 9.43. The smallest absolute Gasteiger partial charge is 0.303 e. The lowest BCUT2D eigenvalue weighted by molar-refractivity contribution is -0.251. The summed E-state index contributed by atoms with van der Waals surface area (Å²) in [6.07, 6.45) is 1.87. The van der Waals surface area contributed by atoms with Crippen molar-refractivity contribution in [1.29, 1.82) is 0 Å². The Morgan fingerprint density at radius 1 is 1.17 bits per heavy atom. The molecule has 2 fully saturated rings. The van der Waals surface area contributed by atoms with E-state index in [1.54, 1.807) is 0 Å². The third kappa shape index (κ3) is 3.63. The molecular formula is C27H36O8. The second-order valence-corrected chi connectivity index (χ2v) is 11.4. The molecule has 0 amide bonds. The molecule has 2 N–H and O–H groups in total. The van der Waals surface area contributed by atoms with Crippen LogP contribution in [0.25, 0.3) is 0 Å². The van der Waals surface area contributed by atoms with Gasteiger partial charge in [-0.1, -0.05) is 27.7 Å². The minimum Gasteiger partial charge on any atom is -0.508 e. The maximum absolute atomic E-state index is 12.1. The molecular weight excluding hydrogens is 452 g/mol. The van der Waals surface area contributed by atoms with Crippen LogP contribution in [0.15, 0.2) is 6.07 Å². The Morgan fingerprint density at radius 2 is 1.83 bits per heavy atom. The number of carbonyl (C=O) groups excluding carboxylic acids is 3. The number of hydrogen-bond acceptors (Lipinski definition) is 8. The van der Waals surface area contributed by atoms with Crippen LogP contribution in [0.1, 0.15) is 82.3 Å². The van der Waals surface area contributed by atoms with E-state index in [1.165, 1.54) is 19.9 Å². The number of aldehydes is 1. The van der Waals surface area contributed by atoms with E-state index in [9.17, 15) is 24.6 Å². The molecule has 192 valence electrons. The molecule has 8 heteroatoms. The number of aliphatic hydroxyl groups is 1. The number of rotatable bonds is 4. The van der Waals surface area contributed by atoms with Crippen molar-refractivity contribution >= 4 is 18.2 Å². The van der Waals surface area contributed by atoms with Gasteiger partial charge in [-0.25, -0.2) is 0 Å². The molecule has 0 radical (unpaired) electrons. The van der Waals surface area contributed by atoms with Gasteiger partial charge in [0.1, 0.15) is 29.3 Å². The Morgan fingerprint density at radius 3 is 2.40 bits per heavy atom. The summed E-state index contributed by atoms with van der Waals surface area (Å²) >= 11 is 0. The lowest BCUT2D eigenvalue weighted by Crippen LogP contribution is -2.70. The summed E-state index contributed by atoms with van der Waals surface area (Å²) in [4.78, 5) is 36.1. The number of phenolic OH excluding ortho intramolecular Hbond substituents is 1. The Balaban J connectivity index is 1.87. The number of hydrogen-bond donors (Lipinski definition) is 2. The van der Waals surface area contributed by atoms with Gasteiger partial charge in [-0.3, -0.25) is 14.4 Å². The molecule has 1 spiro atoms. The zero-order valence-electron chi connectivity index (χ0n) is 21.3. The minimum absolute atomic E-state index is 0.00570. The van der Waals surface area contributed by atoms with Crippen molar-refractivity contribution in [3.63, 3.8) is 0 Å². The Hall–Kier alpha value is -2.61. The molecule has 6 atom stereocenters. The highest BCUT2D eigenvalue weighted by molar-refractivity contribution is 5.84. The average Bonchev–Trinajstić information content (AvgIpc) is 3.17. The van der Waals surface area contributed by atoms with Gasteiger partial charge < -0.3 is 24.4 Å².